The minimum Gasteiger partial charge on any atom is -0.264 e. The fourth-order valence-corrected chi connectivity index (χ4v) is 0.729. The van der Waals surface area contributed by atoms with Crippen LogP contribution in [0.3, 0.4) is 0 Å². The highest BCUT2D eigenvalue weighted by molar-refractivity contribution is 5.22. The lowest BCUT2D eigenvalue weighted by Crippen LogP contribution is -1.88. The molecule has 0 spiro atoms. The van der Waals surface area contributed by atoms with Crippen LogP contribution < -0.4 is 0 Å². The number of pyridine rings is 1. The van der Waals surface area contributed by atoms with Crippen molar-refractivity contribution in [1.29, 1.82) is 0 Å². The maximum absolute atomic E-state index is 12.0. The quantitative estimate of drug-likeness (QED) is 0.587. The molecule has 0 aliphatic heterocycles. The first-order chi connectivity index (χ1) is 4.72. The van der Waals surface area contributed by atoms with Crippen LogP contribution in [0.5, 0.6) is 0 Å². The predicted molar refractivity (Wildman–Crippen MR) is 33.9 cm³/mol. The number of halogens is 2. The van der Waals surface area contributed by atoms with Gasteiger partial charge in [0, 0.05) is 18.0 Å². The second-order valence-corrected chi connectivity index (χ2v) is 2.03. The average molecular weight is 143 g/mol. The van der Waals surface area contributed by atoms with Crippen LogP contribution in [0.4, 0.5) is 8.78 Å². The lowest BCUT2D eigenvalue weighted by molar-refractivity contribution is 0.150. The van der Waals surface area contributed by atoms with Crippen LogP contribution in [0.1, 0.15) is 17.6 Å². The van der Waals surface area contributed by atoms with Gasteiger partial charge in [0.1, 0.15) is 0 Å². The molecule has 0 N–H and O–H groups in total. The van der Waals surface area contributed by atoms with Gasteiger partial charge in [-0.15, -0.1) is 0 Å². The molecule has 3 heteroatoms. The van der Waals surface area contributed by atoms with Crippen LogP contribution in [-0.2, 0) is 0 Å². The Labute approximate surface area is 57.7 Å². The van der Waals surface area contributed by atoms with Crippen molar-refractivity contribution in [1.82, 2.24) is 4.98 Å². The number of hydrogen-bond acceptors (Lipinski definition) is 1. The molecule has 54 valence electrons. The summed E-state index contributed by atoms with van der Waals surface area (Å²) in [5, 5.41) is 0. The Balaban J connectivity index is 3.03. The second-order valence-electron chi connectivity index (χ2n) is 2.03. The fourth-order valence-electron chi connectivity index (χ4n) is 0.729. The van der Waals surface area contributed by atoms with Gasteiger partial charge in [-0.2, -0.15) is 0 Å². The van der Waals surface area contributed by atoms with Crippen LogP contribution in [0.2, 0.25) is 0 Å². The Bertz CT molecular complexity index is 223. The molecule has 1 nitrogen and oxygen atoms in total. The molecule has 1 aromatic heterocycles. The fraction of sp³-hybridized carbons (Fsp3) is 0.286. The summed E-state index contributed by atoms with van der Waals surface area (Å²) in [6.45, 7) is 1.62. The molecule has 0 fully saturated rings. The highest BCUT2D eigenvalue weighted by Crippen LogP contribution is 2.20. The van der Waals surface area contributed by atoms with E-state index in [0.717, 1.165) is 0 Å². The van der Waals surface area contributed by atoms with E-state index < -0.39 is 6.43 Å². The van der Waals surface area contributed by atoms with Crippen LogP contribution >= 0.6 is 0 Å². The van der Waals surface area contributed by atoms with Gasteiger partial charge in [0.25, 0.3) is 6.43 Å². The van der Waals surface area contributed by atoms with Gasteiger partial charge >= 0.3 is 0 Å². The maximum Gasteiger partial charge on any atom is 0.264 e. The Morgan fingerprint density at radius 2 is 2.20 bits per heavy atom. The van der Waals surface area contributed by atoms with Crippen LogP contribution in [0.25, 0.3) is 0 Å². The molecule has 0 radical (unpaired) electrons. The third-order valence-electron chi connectivity index (χ3n) is 1.30. The normalized spacial score (nSPS) is 10.4. The van der Waals surface area contributed by atoms with E-state index in [9.17, 15) is 8.78 Å². The van der Waals surface area contributed by atoms with Gasteiger partial charge in [-0.05, 0) is 18.6 Å². The SMILES string of the molecule is Cc1cnccc1C(F)F. The molecule has 1 rings (SSSR count). The maximum atomic E-state index is 12.0. The first-order valence-electron chi connectivity index (χ1n) is 2.90. The second kappa shape index (κ2) is 2.73. The molecule has 0 aliphatic rings. The molecule has 10 heavy (non-hydrogen) atoms. The molecule has 1 aromatic rings. The van der Waals surface area contributed by atoms with Crippen molar-refractivity contribution >= 4 is 0 Å². The van der Waals surface area contributed by atoms with Gasteiger partial charge < -0.3 is 0 Å². The molecule has 0 atom stereocenters. The monoisotopic (exact) mass is 143 g/mol. The third kappa shape index (κ3) is 1.29. The largest absolute Gasteiger partial charge is 0.264 e. The molecule has 0 saturated heterocycles. The highest BCUT2D eigenvalue weighted by Gasteiger charge is 2.08. The molecule has 0 amide bonds. The van der Waals surface area contributed by atoms with Crippen LogP contribution in [0, 0.1) is 6.92 Å². The number of aryl methyl sites for hydroxylation is 1. The van der Waals surface area contributed by atoms with Gasteiger partial charge in [0.2, 0.25) is 0 Å². The number of aromatic nitrogens is 1. The lowest BCUT2D eigenvalue weighted by Gasteiger charge is -2.00. The van der Waals surface area contributed by atoms with Gasteiger partial charge in [-0.3, -0.25) is 4.98 Å². The van der Waals surface area contributed by atoms with E-state index in [1.807, 2.05) is 0 Å². The van der Waals surface area contributed by atoms with Crippen molar-refractivity contribution in [3.05, 3.63) is 29.6 Å². The minimum absolute atomic E-state index is 0.0648. The van der Waals surface area contributed by atoms with E-state index in [-0.39, 0.29) is 5.56 Å². The zero-order chi connectivity index (χ0) is 7.56. The number of nitrogens with zero attached hydrogens (tertiary/aromatic N) is 1. The van der Waals surface area contributed by atoms with Crippen LogP contribution in [0.15, 0.2) is 18.5 Å². The van der Waals surface area contributed by atoms with E-state index in [1.54, 1.807) is 6.92 Å². The van der Waals surface area contributed by atoms with E-state index in [1.165, 1.54) is 18.5 Å². The van der Waals surface area contributed by atoms with Gasteiger partial charge in [-0.1, -0.05) is 0 Å². The van der Waals surface area contributed by atoms with E-state index in [0.29, 0.717) is 5.56 Å². The summed E-state index contributed by atoms with van der Waals surface area (Å²) >= 11 is 0. The molecular weight excluding hydrogens is 136 g/mol. The summed E-state index contributed by atoms with van der Waals surface area (Å²) in [5.74, 6) is 0. The number of rotatable bonds is 1. The topological polar surface area (TPSA) is 12.9 Å². The van der Waals surface area contributed by atoms with Gasteiger partial charge in [-0.25, -0.2) is 8.78 Å². The average Bonchev–Trinajstić information content (AvgIpc) is 1.88. The van der Waals surface area contributed by atoms with Crippen molar-refractivity contribution in [3.8, 4) is 0 Å². The smallest absolute Gasteiger partial charge is 0.264 e. The minimum atomic E-state index is -2.39. The Hall–Kier alpha value is -0.990. The number of alkyl halides is 2. The molecule has 1 heterocycles. The molecule has 0 saturated carbocycles. The number of hydrogen-bond donors (Lipinski definition) is 0. The predicted octanol–water partition coefficient (Wildman–Crippen LogP) is 2.33. The van der Waals surface area contributed by atoms with Crippen molar-refractivity contribution in [3.63, 3.8) is 0 Å². The van der Waals surface area contributed by atoms with Crippen molar-refractivity contribution in [2.24, 2.45) is 0 Å². The van der Waals surface area contributed by atoms with E-state index in [2.05, 4.69) is 4.98 Å². The lowest BCUT2D eigenvalue weighted by atomic mass is 10.2. The molecular formula is C7H7F2N. The van der Waals surface area contributed by atoms with Crippen molar-refractivity contribution < 1.29 is 8.78 Å². The molecule has 0 unspecified atom stereocenters. The zero-order valence-corrected chi connectivity index (χ0v) is 5.51. The van der Waals surface area contributed by atoms with E-state index in [4.69, 9.17) is 0 Å². The summed E-state index contributed by atoms with van der Waals surface area (Å²) in [6, 6.07) is 1.33. The first kappa shape index (κ1) is 7.12. The molecule has 0 aliphatic carbocycles. The Morgan fingerprint density at radius 1 is 1.50 bits per heavy atom. The van der Waals surface area contributed by atoms with Crippen molar-refractivity contribution in [2.75, 3.05) is 0 Å². The molecule has 0 aromatic carbocycles. The Kier molecular flexibility index (Phi) is 1.94. The summed E-state index contributed by atoms with van der Waals surface area (Å²) in [6.07, 6.45) is 0.415. The summed E-state index contributed by atoms with van der Waals surface area (Å²) in [7, 11) is 0. The standard InChI is InChI=1S/C7H7F2N/c1-5-4-10-3-2-6(5)7(8)9/h2-4,7H,1H3. The zero-order valence-electron chi connectivity index (χ0n) is 5.51. The summed E-state index contributed by atoms with van der Waals surface area (Å²) < 4.78 is 24.0. The van der Waals surface area contributed by atoms with E-state index >= 15 is 0 Å². The van der Waals surface area contributed by atoms with Crippen molar-refractivity contribution in [2.45, 2.75) is 13.3 Å². The van der Waals surface area contributed by atoms with Gasteiger partial charge in [0.15, 0.2) is 0 Å². The summed E-state index contributed by atoms with van der Waals surface area (Å²) in [4.78, 5) is 3.69. The third-order valence-corrected chi connectivity index (χ3v) is 1.30. The summed E-state index contributed by atoms with van der Waals surface area (Å²) in [5.41, 5.74) is 0.604. The van der Waals surface area contributed by atoms with Crippen LogP contribution in [-0.4, -0.2) is 4.98 Å². The van der Waals surface area contributed by atoms with Gasteiger partial charge in [0.05, 0.1) is 0 Å². The Morgan fingerprint density at radius 3 is 2.60 bits per heavy atom. The first-order valence-corrected chi connectivity index (χ1v) is 2.90. The highest BCUT2D eigenvalue weighted by atomic mass is 19.3. The molecule has 0 bridgehead atoms.